The van der Waals surface area contributed by atoms with Crippen molar-refractivity contribution in [3.8, 4) is 5.75 Å². The highest BCUT2D eigenvalue weighted by atomic mass is 16.5. The lowest BCUT2D eigenvalue weighted by Crippen LogP contribution is -2.31. The lowest BCUT2D eigenvalue weighted by molar-refractivity contribution is -0.141. The number of ether oxygens (including phenoxy) is 3. The Labute approximate surface area is 228 Å². The molecule has 2 aliphatic rings. The van der Waals surface area contributed by atoms with Crippen LogP contribution in [0.2, 0.25) is 0 Å². The van der Waals surface area contributed by atoms with Crippen molar-refractivity contribution in [3.05, 3.63) is 59.4 Å². The zero-order chi connectivity index (χ0) is 27.9. The van der Waals surface area contributed by atoms with Gasteiger partial charge < -0.3 is 24.4 Å². The SMILES string of the molecule is CCc1cc(OCCCO)ccc1C1=CC2C=CC(OCC(O)CCCC(C)(C)C(C)(C)C)=CC2OC1=O. The Morgan fingerprint density at radius 3 is 2.53 bits per heavy atom. The summed E-state index contributed by atoms with van der Waals surface area (Å²) < 4.78 is 17.4. The molecule has 38 heavy (non-hydrogen) atoms. The van der Waals surface area contributed by atoms with Crippen LogP contribution in [0.4, 0.5) is 0 Å². The molecule has 0 saturated heterocycles. The van der Waals surface area contributed by atoms with E-state index in [4.69, 9.17) is 19.3 Å². The zero-order valence-corrected chi connectivity index (χ0v) is 24.0. The number of hydrogen-bond acceptors (Lipinski definition) is 6. The van der Waals surface area contributed by atoms with Crippen molar-refractivity contribution in [2.45, 2.75) is 85.9 Å². The Morgan fingerprint density at radius 2 is 1.84 bits per heavy atom. The van der Waals surface area contributed by atoms with Gasteiger partial charge in [-0.1, -0.05) is 66.2 Å². The Kier molecular flexibility index (Phi) is 10.2. The number of rotatable bonds is 13. The highest BCUT2D eigenvalue weighted by Crippen LogP contribution is 2.42. The summed E-state index contributed by atoms with van der Waals surface area (Å²) in [4.78, 5) is 13.0. The van der Waals surface area contributed by atoms with Crippen LogP contribution in [-0.2, 0) is 20.7 Å². The van der Waals surface area contributed by atoms with Crippen LogP contribution in [-0.4, -0.2) is 48.2 Å². The number of fused-ring (bicyclic) bond motifs is 1. The van der Waals surface area contributed by atoms with Gasteiger partial charge in [0, 0.05) is 18.9 Å². The summed E-state index contributed by atoms with van der Waals surface area (Å²) in [5.74, 6) is 0.903. The summed E-state index contributed by atoms with van der Waals surface area (Å²) in [7, 11) is 0. The molecule has 6 nitrogen and oxygen atoms in total. The van der Waals surface area contributed by atoms with Crippen LogP contribution in [0.15, 0.2) is 48.3 Å². The fraction of sp³-hybridized carbons (Fsp3) is 0.594. The van der Waals surface area contributed by atoms with E-state index in [1.54, 1.807) is 0 Å². The van der Waals surface area contributed by atoms with Gasteiger partial charge in [-0.3, -0.25) is 0 Å². The van der Waals surface area contributed by atoms with Gasteiger partial charge in [-0.15, -0.1) is 0 Å². The number of carbonyl (C=O) groups excluding carboxylic acids is 1. The molecule has 3 rings (SSSR count). The smallest absolute Gasteiger partial charge is 0.339 e. The fourth-order valence-electron chi connectivity index (χ4n) is 4.55. The predicted octanol–water partition coefficient (Wildman–Crippen LogP) is 6.01. The largest absolute Gasteiger partial charge is 0.493 e. The highest BCUT2D eigenvalue weighted by Gasteiger charge is 2.33. The number of aliphatic hydroxyl groups excluding tert-OH is 2. The molecule has 1 aromatic carbocycles. The first-order chi connectivity index (χ1) is 17.9. The Morgan fingerprint density at radius 1 is 1.08 bits per heavy atom. The third kappa shape index (κ3) is 7.73. The number of carbonyl (C=O) groups is 1. The summed E-state index contributed by atoms with van der Waals surface area (Å²) in [6.07, 6.45) is 10.7. The van der Waals surface area contributed by atoms with E-state index >= 15 is 0 Å². The second kappa shape index (κ2) is 13.0. The maximum atomic E-state index is 13.0. The van der Waals surface area contributed by atoms with Crippen LogP contribution < -0.4 is 4.74 Å². The van der Waals surface area contributed by atoms with Gasteiger partial charge in [0.2, 0.25) is 0 Å². The molecule has 0 bridgehead atoms. The molecule has 0 radical (unpaired) electrons. The lowest BCUT2D eigenvalue weighted by atomic mass is 9.67. The number of hydrogen-bond donors (Lipinski definition) is 2. The number of esters is 1. The van der Waals surface area contributed by atoms with Crippen molar-refractivity contribution >= 4 is 11.5 Å². The van der Waals surface area contributed by atoms with E-state index in [2.05, 4.69) is 34.6 Å². The predicted molar refractivity (Wildman–Crippen MR) is 151 cm³/mol. The van der Waals surface area contributed by atoms with E-state index < -0.39 is 12.2 Å². The molecule has 1 aromatic rings. The van der Waals surface area contributed by atoms with Gasteiger partial charge in [-0.05, 0) is 65.5 Å². The average molecular weight is 527 g/mol. The molecule has 1 aliphatic heterocycles. The van der Waals surface area contributed by atoms with Crippen LogP contribution in [0, 0.1) is 16.7 Å². The molecular weight excluding hydrogens is 480 g/mol. The molecule has 0 spiro atoms. The van der Waals surface area contributed by atoms with Gasteiger partial charge in [-0.25, -0.2) is 4.79 Å². The summed E-state index contributed by atoms with van der Waals surface area (Å²) in [5, 5.41) is 19.4. The van der Waals surface area contributed by atoms with E-state index in [-0.39, 0.29) is 35.9 Å². The van der Waals surface area contributed by atoms with Crippen LogP contribution >= 0.6 is 0 Å². The molecule has 210 valence electrons. The third-order valence-electron chi connectivity index (χ3n) is 8.14. The van der Waals surface area contributed by atoms with E-state index in [9.17, 15) is 9.90 Å². The minimum absolute atomic E-state index is 0.0789. The van der Waals surface area contributed by atoms with Gasteiger partial charge in [-0.2, -0.15) is 0 Å². The normalized spacial score (nSPS) is 20.3. The van der Waals surface area contributed by atoms with Crippen LogP contribution in [0.1, 0.15) is 78.4 Å². The summed E-state index contributed by atoms with van der Waals surface area (Å²) >= 11 is 0. The van der Waals surface area contributed by atoms with Crippen molar-refractivity contribution in [2.24, 2.45) is 16.7 Å². The molecule has 6 heteroatoms. The highest BCUT2D eigenvalue weighted by molar-refractivity contribution is 6.17. The molecule has 1 heterocycles. The molecule has 3 unspecified atom stereocenters. The molecule has 3 atom stereocenters. The monoisotopic (exact) mass is 526 g/mol. The Hall–Kier alpha value is -2.57. The second-order valence-electron chi connectivity index (χ2n) is 12.0. The minimum Gasteiger partial charge on any atom is -0.493 e. The second-order valence-corrected chi connectivity index (χ2v) is 12.0. The first-order valence-electron chi connectivity index (χ1n) is 14.0. The van der Waals surface area contributed by atoms with E-state index in [0.29, 0.717) is 30.8 Å². The van der Waals surface area contributed by atoms with E-state index in [0.717, 1.165) is 36.1 Å². The molecule has 2 N–H and O–H groups in total. The number of allylic oxidation sites excluding steroid dienone is 1. The molecule has 0 aromatic heterocycles. The van der Waals surface area contributed by atoms with Gasteiger partial charge in [0.05, 0.1) is 18.3 Å². The molecule has 0 amide bonds. The topological polar surface area (TPSA) is 85.2 Å². The number of benzene rings is 1. The first-order valence-corrected chi connectivity index (χ1v) is 14.0. The summed E-state index contributed by atoms with van der Waals surface area (Å²) in [6, 6.07) is 5.70. The van der Waals surface area contributed by atoms with Crippen molar-refractivity contribution < 1.29 is 29.2 Å². The minimum atomic E-state index is -0.541. The number of aryl methyl sites for hydroxylation is 1. The molecule has 0 fully saturated rings. The lowest BCUT2D eigenvalue weighted by Gasteiger charge is -2.39. The molecule has 1 aliphatic carbocycles. The maximum Gasteiger partial charge on any atom is 0.339 e. The summed E-state index contributed by atoms with van der Waals surface area (Å²) in [6.45, 7) is 14.1. The van der Waals surface area contributed by atoms with Crippen molar-refractivity contribution in [3.63, 3.8) is 0 Å². The van der Waals surface area contributed by atoms with Gasteiger partial charge in [0.15, 0.2) is 0 Å². The maximum absolute atomic E-state index is 13.0. The Balaban J connectivity index is 1.58. The molecule has 0 saturated carbocycles. The van der Waals surface area contributed by atoms with Gasteiger partial charge in [0.1, 0.15) is 24.2 Å². The van der Waals surface area contributed by atoms with Crippen molar-refractivity contribution in [2.75, 3.05) is 19.8 Å². The van der Waals surface area contributed by atoms with Gasteiger partial charge in [0.25, 0.3) is 0 Å². The standard InChI is InChI=1S/C32H46O6/c1-7-22-18-25(36-17-9-16-33)13-14-27(22)28-19-23-11-12-26(20-29(23)38-30(28)35)37-21-24(34)10-8-15-32(5,6)31(2,3)4/h11-14,18-20,23-24,29,33-34H,7-10,15-17,21H2,1-6H3. The quantitative estimate of drug-likeness (QED) is 0.242. The first kappa shape index (κ1) is 30.0. The van der Waals surface area contributed by atoms with Crippen LogP contribution in [0.3, 0.4) is 0 Å². The molecular formula is C32H46O6. The summed E-state index contributed by atoms with van der Waals surface area (Å²) in [5.41, 5.74) is 2.82. The number of aliphatic hydroxyl groups is 2. The van der Waals surface area contributed by atoms with Crippen LogP contribution in [0.5, 0.6) is 5.75 Å². The van der Waals surface area contributed by atoms with Gasteiger partial charge >= 0.3 is 5.97 Å². The van der Waals surface area contributed by atoms with E-state index in [1.165, 1.54) is 0 Å². The van der Waals surface area contributed by atoms with Crippen LogP contribution in [0.25, 0.3) is 5.57 Å². The average Bonchev–Trinajstić information content (AvgIpc) is 2.86. The zero-order valence-electron chi connectivity index (χ0n) is 24.0. The third-order valence-corrected chi connectivity index (χ3v) is 8.14. The fourth-order valence-corrected chi connectivity index (χ4v) is 4.55. The van der Waals surface area contributed by atoms with Crippen molar-refractivity contribution in [1.29, 1.82) is 0 Å². The van der Waals surface area contributed by atoms with Crippen molar-refractivity contribution in [1.82, 2.24) is 0 Å². The van der Waals surface area contributed by atoms with E-state index in [1.807, 2.05) is 49.4 Å². The Bertz CT molecular complexity index is 1040.